The number of methoxy groups -OCH3 is 1. The first-order valence-corrected chi connectivity index (χ1v) is 6.97. The molecule has 1 saturated carbocycles. The predicted molar refractivity (Wildman–Crippen MR) is 76.0 cm³/mol. The van der Waals surface area contributed by atoms with Crippen LogP contribution in [-0.2, 0) is 0 Å². The monoisotopic (exact) mass is 266 g/mol. The number of ether oxygens (including phenoxy) is 1. The number of hydrogen-bond donors (Lipinski definition) is 2. The largest absolute Gasteiger partial charge is 0.497 e. The van der Waals surface area contributed by atoms with E-state index in [0.29, 0.717) is 23.9 Å². The second-order valence-electron chi connectivity index (χ2n) is 5.33. The minimum absolute atomic E-state index is 0.179. The van der Waals surface area contributed by atoms with E-state index in [-0.39, 0.29) is 11.4 Å². The van der Waals surface area contributed by atoms with Gasteiger partial charge in [-0.05, 0) is 30.9 Å². The van der Waals surface area contributed by atoms with Crippen molar-refractivity contribution >= 4 is 5.69 Å². The van der Waals surface area contributed by atoms with Gasteiger partial charge in [0, 0.05) is 12.6 Å². The van der Waals surface area contributed by atoms with Crippen molar-refractivity contribution in [3.8, 4) is 5.75 Å². The van der Waals surface area contributed by atoms with Gasteiger partial charge in [-0.3, -0.25) is 0 Å². The zero-order valence-electron chi connectivity index (χ0n) is 11.7. The molecule has 2 unspecified atom stereocenters. The number of nitrogens with one attached hydrogen (secondary N) is 1. The molecule has 0 radical (unpaired) electrons. The number of rotatable bonds is 5. The lowest BCUT2D eigenvalue weighted by Crippen LogP contribution is -2.48. The first kappa shape index (κ1) is 14.1. The Hall–Kier alpha value is -1.29. The molecule has 1 aromatic rings. The van der Waals surface area contributed by atoms with E-state index in [4.69, 9.17) is 10.5 Å². The molecule has 4 heteroatoms. The van der Waals surface area contributed by atoms with E-state index < -0.39 is 0 Å². The summed E-state index contributed by atoms with van der Waals surface area (Å²) >= 11 is 0. The van der Waals surface area contributed by atoms with Gasteiger partial charge in [0.05, 0.1) is 18.3 Å². The molecule has 3 nitrogen and oxygen atoms in total. The lowest BCUT2D eigenvalue weighted by atomic mass is 9.84. The van der Waals surface area contributed by atoms with Crippen LogP contribution in [0.2, 0.25) is 0 Å². The van der Waals surface area contributed by atoms with Gasteiger partial charge in [-0.25, -0.2) is 4.39 Å². The molecule has 0 aliphatic heterocycles. The van der Waals surface area contributed by atoms with E-state index in [1.165, 1.54) is 6.07 Å². The highest BCUT2D eigenvalue weighted by Gasteiger charge is 2.41. The molecule has 106 valence electrons. The number of nitrogens with two attached hydrogens (primary N) is 1. The highest BCUT2D eigenvalue weighted by atomic mass is 19.1. The molecule has 0 spiro atoms. The summed E-state index contributed by atoms with van der Waals surface area (Å²) in [6.45, 7) is 2.70. The quantitative estimate of drug-likeness (QED) is 0.860. The van der Waals surface area contributed by atoms with Gasteiger partial charge < -0.3 is 15.8 Å². The van der Waals surface area contributed by atoms with Crippen molar-refractivity contribution < 1.29 is 9.13 Å². The number of hydrogen-bond acceptors (Lipinski definition) is 3. The summed E-state index contributed by atoms with van der Waals surface area (Å²) in [5.74, 6) is 0.903. The lowest BCUT2D eigenvalue weighted by Gasteiger charge is -2.36. The topological polar surface area (TPSA) is 47.3 Å². The Labute approximate surface area is 114 Å². The molecule has 1 aliphatic rings. The molecule has 0 heterocycles. The fraction of sp³-hybridized carbons (Fsp3) is 0.600. The van der Waals surface area contributed by atoms with E-state index in [2.05, 4.69) is 12.2 Å². The molecular weight excluding hydrogens is 243 g/mol. The van der Waals surface area contributed by atoms with E-state index in [9.17, 15) is 4.39 Å². The highest BCUT2D eigenvalue weighted by Crippen LogP contribution is 2.40. The molecule has 2 atom stereocenters. The molecule has 1 aliphatic carbocycles. The molecule has 0 aromatic heterocycles. The van der Waals surface area contributed by atoms with Gasteiger partial charge in [0.2, 0.25) is 0 Å². The van der Waals surface area contributed by atoms with Crippen molar-refractivity contribution in [2.75, 3.05) is 19.0 Å². The van der Waals surface area contributed by atoms with Crippen molar-refractivity contribution in [2.45, 2.75) is 38.1 Å². The summed E-state index contributed by atoms with van der Waals surface area (Å²) in [4.78, 5) is 0. The molecule has 0 saturated heterocycles. The SMILES string of the molecule is CCC1CCCC1(CN)Nc1cc(OC)ccc1F. The fourth-order valence-electron chi connectivity index (χ4n) is 3.22. The van der Waals surface area contributed by atoms with E-state index in [0.717, 1.165) is 25.7 Å². The van der Waals surface area contributed by atoms with Gasteiger partial charge in [-0.1, -0.05) is 19.8 Å². The van der Waals surface area contributed by atoms with Gasteiger partial charge in [0.15, 0.2) is 0 Å². The second-order valence-corrected chi connectivity index (χ2v) is 5.33. The van der Waals surface area contributed by atoms with Crippen molar-refractivity contribution in [3.63, 3.8) is 0 Å². The molecule has 1 aromatic carbocycles. The van der Waals surface area contributed by atoms with E-state index in [1.54, 1.807) is 19.2 Å². The number of benzene rings is 1. The minimum atomic E-state index is -0.254. The number of halogens is 1. The normalized spacial score (nSPS) is 26.4. The van der Waals surface area contributed by atoms with Crippen LogP contribution in [0.25, 0.3) is 0 Å². The van der Waals surface area contributed by atoms with Crippen molar-refractivity contribution in [3.05, 3.63) is 24.0 Å². The zero-order chi connectivity index (χ0) is 13.9. The Morgan fingerprint density at radius 2 is 2.32 bits per heavy atom. The van der Waals surface area contributed by atoms with Gasteiger partial charge >= 0.3 is 0 Å². The first-order valence-electron chi connectivity index (χ1n) is 6.97. The van der Waals surface area contributed by atoms with Crippen LogP contribution in [0, 0.1) is 11.7 Å². The molecule has 3 N–H and O–H groups in total. The zero-order valence-corrected chi connectivity index (χ0v) is 11.7. The maximum atomic E-state index is 13.9. The summed E-state index contributed by atoms with van der Waals surface area (Å²) in [6.07, 6.45) is 4.37. The summed E-state index contributed by atoms with van der Waals surface area (Å²) in [6, 6.07) is 4.76. The van der Waals surface area contributed by atoms with E-state index in [1.807, 2.05) is 0 Å². The maximum absolute atomic E-state index is 13.9. The molecule has 0 bridgehead atoms. The minimum Gasteiger partial charge on any atom is -0.497 e. The summed E-state index contributed by atoms with van der Waals surface area (Å²) < 4.78 is 19.1. The van der Waals surface area contributed by atoms with E-state index >= 15 is 0 Å². The molecule has 2 rings (SSSR count). The standard InChI is InChI=1S/C15H23FN2O/c1-3-11-5-4-8-15(11,10-17)18-14-9-12(19-2)6-7-13(14)16/h6-7,9,11,18H,3-5,8,10,17H2,1-2H3. The van der Waals surface area contributed by atoms with Crippen molar-refractivity contribution in [1.82, 2.24) is 0 Å². The van der Waals surface area contributed by atoms with Gasteiger partial charge in [0.25, 0.3) is 0 Å². The second kappa shape index (κ2) is 5.78. The molecule has 19 heavy (non-hydrogen) atoms. The van der Waals surface area contributed by atoms with Crippen molar-refractivity contribution in [2.24, 2.45) is 11.7 Å². The first-order chi connectivity index (χ1) is 9.15. The smallest absolute Gasteiger partial charge is 0.146 e. The predicted octanol–water partition coefficient (Wildman–Crippen LogP) is 3.15. The molecule has 0 amide bonds. The van der Waals surface area contributed by atoms with Crippen LogP contribution >= 0.6 is 0 Å². The highest BCUT2D eigenvalue weighted by molar-refractivity contribution is 5.52. The van der Waals surface area contributed by atoms with Gasteiger partial charge in [-0.15, -0.1) is 0 Å². The fourth-order valence-corrected chi connectivity index (χ4v) is 3.22. The Morgan fingerprint density at radius 1 is 1.53 bits per heavy atom. The maximum Gasteiger partial charge on any atom is 0.146 e. The van der Waals surface area contributed by atoms with Gasteiger partial charge in [0.1, 0.15) is 11.6 Å². The van der Waals surface area contributed by atoms with Crippen LogP contribution in [0.15, 0.2) is 18.2 Å². The summed E-state index contributed by atoms with van der Waals surface area (Å²) in [7, 11) is 1.58. The van der Waals surface area contributed by atoms with Crippen LogP contribution in [-0.4, -0.2) is 19.2 Å². The Bertz CT molecular complexity index is 438. The van der Waals surface area contributed by atoms with Crippen LogP contribution < -0.4 is 15.8 Å². The summed E-state index contributed by atoms with van der Waals surface area (Å²) in [5.41, 5.74) is 6.30. The van der Waals surface area contributed by atoms with Gasteiger partial charge in [-0.2, -0.15) is 0 Å². The summed E-state index contributed by atoms with van der Waals surface area (Å²) in [5, 5.41) is 3.37. The average molecular weight is 266 g/mol. The third-order valence-corrected chi connectivity index (χ3v) is 4.37. The third-order valence-electron chi connectivity index (χ3n) is 4.37. The Kier molecular flexibility index (Phi) is 4.30. The lowest BCUT2D eigenvalue weighted by molar-refractivity contribution is 0.344. The van der Waals surface area contributed by atoms with Crippen LogP contribution in [0.5, 0.6) is 5.75 Å². The Balaban J connectivity index is 2.27. The van der Waals surface area contributed by atoms with Crippen LogP contribution in [0.4, 0.5) is 10.1 Å². The average Bonchev–Trinajstić information content (AvgIpc) is 2.84. The third kappa shape index (κ3) is 2.68. The van der Waals surface area contributed by atoms with Crippen LogP contribution in [0.1, 0.15) is 32.6 Å². The van der Waals surface area contributed by atoms with Crippen LogP contribution in [0.3, 0.4) is 0 Å². The molecule has 1 fully saturated rings. The van der Waals surface area contributed by atoms with Crippen molar-refractivity contribution in [1.29, 1.82) is 0 Å². The Morgan fingerprint density at radius 3 is 2.95 bits per heavy atom. The number of anilines is 1. The molecular formula is C15H23FN2O.